The molecule has 2 rings (SSSR count). The molecule has 0 aliphatic rings. The molecule has 1 aromatic heterocycles. The number of carbonyl (C=O) groups is 1. The Balaban J connectivity index is 2.07. The average molecular weight is 257 g/mol. The van der Waals surface area contributed by atoms with Crippen LogP contribution in [0.5, 0.6) is 0 Å². The maximum absolute atomic E-state index is 11.9. The van der Waals surface area contributed by atoms with Gasteiger partial charge in [0, 0.05) is 35.9 Å². The fourth-order valence-electron chi connectivity index (χ4n) is 1.69. The number of nitrogen functional groups attached to an aromatic ring is 1. The van der Waals surface area contributed by atoms with Crippen LogP contribution in [-0.4, -0.2) is 10.5 Å². The maximum Gasteiger partial charge on any atom is 0.244 e. The van der Waals surface area contributed by atoms with Gasteiger partial charge in [0.15, 0.2) is 5.43 Å². The van der Waals surface area contributed by atoms with Gasteiger partial charge in [-0.25, -0.2) is 0 Å². The van der Waals surface area contributed by atoms with Crippen molar-refractivity contribution >= 4 is 17.3 Å². The summed E-state index contributed by atoms with van der Waals surface area (Å²) in [5.74, 6) is -0.169. The minimum atomic E-state index is -0.169. The molecule has 0 aliphatic carbocycles. The van der Waals surface area contributed by atoms with Crippen LogP contribution in [0.15, 0.2) is 47.5 Å². The molecule has 0 saturated heterocycles. The van der Waals surface area contributed by atoms with Crippen molar-refractivity contribution in [3.8, 4) is 0 Å². The number of aromatic nitrogens is 1. The van der Waals surface area contributed by atoms with Gasteiger partial charge in [-0.1, -0.05) is 6.07 Å². The van der Waals surface area contributed by atoms with Gasteiger partial charge >= 0.3 is 0 Å². The summed E-state index contributed by atoms with van der Waals surface area (Å²) < 4.78 is 1.64. The summed E-state index contributed by atoms with van der Waals surface area (Å²) in [6.07, 6.45) is 3.16. The number of nitrogens with zero attached hydrogens (tertiary/aromatic N) is 1. The van der Waals surface area contributed by atoms with Crippen molar-refractivity contribution in [2.24, 2.45) is 0 Å². The van der Waals surface area contributed by atoms with E-state index in [-0.39, 0.29) is 17.9 Å². The van der Waals surface area contributed by atoms with Crippen LogP contribution in [0.3, 0.4) is 0 Å². The van der Waals surface area contributed by atoms with E-state index in [2.05, 4.69) is 5.32 Å². The van der Waals surface area contributed by atoms with Crippen molar-refractivity contribution < 1.29 is 4.79 Å². The van der Waals surface area contributed by atoms with E-state index < -0.39 is 0 Å². The summed E-state index contributed by atoms with van der Waals surface area (Å²) in [6, 6.07) is 8.21. The summed E-state index contributed by atoms with van der Waals surface area (Å²) in [4.78, 5) is 22.8. The minimum Gasteiger partial charge on any atom is -0.398 e. The molecular formula is C14H15N3O2. The van der Waals surface area contributed by atoms with E-state index in [1.54, 1.807) is 35.2 Å². The SMILES string of the molecule is Cc1c(N)cccc1NC(=O)Cn1ccc(=O)cc1. The van der Waals surface area contributed by atoms with Crippen LogP contribution >= 0.6 is 0 Å². The van der Waals surface area contributed by atoms with Crippen molar-refractivity contribution in [2.45, 2.75) is 13.5 Å². The molecule has 0 aliphatic heterocycles. The fraction of sp³-hybridized carbons (Fsp3) is 0.143. The Hall–Kier alpha value is -2.56. The number of nitrogens with one attached hydrogen (secondary N) is 1. The quantitative estimate of drug-likeness (QED) is 0.815. The largest absolute Gasteiger partial charge is 0.398 e. The molecule has 0 saturated carbocycles. The molecule has 1 amide bonds. The molecule has 0 atom stereocenters. The van der Waals surface area contributed by atoms with Crippen LogP contribution in [0.25, 0.3) is 0 Å². The third-order valence-electron chi connectivity index (χ3n) is 2.84. The van der Waals surface area contributed by atoms with Crippen LogP contribution < -0.4 is 16.5 Å². The summed E-state index contributed by atoms with van der Waals surface area (Å²) in [7, 11) is 0. The number of hydrogen-bond acceptors (Lipinski definition) is 3. The first-order valence-corrected chi connectivity index (χ1v) is 5.87. The third-order valence-corrected chi connectivity index (χ3v) is 2.84. The third kappa shape index (κ3) is 3.22. The Morgan fingerprint density at radius 3 is 2.63 bits per heavy atom. The number of pyridine rings is 1. The zero-order valence-electron chi connectivity index (χ0n) is 10.6. The Morgan fingerprint density at radius 1 is 1.26 bits per heavy atom. The lowest BCUT2D eigenvalue weighted by Crippen LogP contribution is -2.20. The van der Waals surface area contributed by atoms with Gasteiger partial charge < -0.3 is 15.6 Å². The van der Waals surface area contributed by atoms with E-state index in [9.17, 15) is 9.59 Å². The van der Waals surface area contributed by atoms with Gasteiger partial charge in [0.05, 0.1) is 0 Å². The standard InChI is InChI=1S/C14H15N3O2/c1-10-12(15)3-2-4-13(10)16-14(19)9-17-7-5-11(18)6-8-17/h2-8H,9,15H2,1H3,(H,16,19). The molecule has 0 unspecified atom stereocenters. The molecule has 0 spiro atoms. The molecule has 5 heteroatoms. The van der Waals surface area contributed by atoms with Gasteiger partial charge in [0.1, 0.15) is 6.54 Å². The molecule has 5 nitrogen and oxygen atoms in total. The maximum atomic E-state index is 11.9. The van der Waals surface area contributed by atoms with Crippen molar-refractivity contribution in [3.05, 3.63) is 58.5 Å². The molecule has 1 heterocycles. The van der Waals surface area contributed by atoms with Gasteiger partial charge in [-0.05, 0) is 24.6 Å². The van der Waals surface area contributed by atoms with E-state index >= 15 is 0 Å². The lowest BCUT2D eigenvalue weighted by atomic mass is 10.1. The van der Waals surface area contributed by atoms with Gasteiger partial charge in [-0.2, -0.15) is 0 Å². The first-order chi connectivity index (χ1) is 9.06. The normalized spacial score (nSPS) is 10.2. The lowest BCUT2D eigenvalue weighted by Gasteiger charge is -2.11. The number of nitrogens with two attached hydrogens (primary N) is 1. The van der Waals surface area contributed by atoms with Crippen LogP contribution in [0.1, 0.15) is 5.56 Å². The van der Waals surface area contributed by atoms with Gasteiger partial charge in [0.25, 0.3) is 0 Å². The Labute approximate surface area is 110 Å². The van der Waals surface area contributed by atoms with E-state index in [1.165, 1.54) is 12.1 Å². The molecule has 19 heavy (non-hydrogen) atoms. The Morgan fingerprint density at radius 2 is 1.95 bits per heavy atom. The second kappa shape index (κ2) is 5.39. The van der Waals surface area contributed by atoms with E-state index in [4.69, 9.17) is 5.73 Å². The zero-order chi connectivity index (χ0) is 13.8. The highest BCUT2D eigenvalue weighted by molar-refractivity contribution is 5.92. The Kier molecular flexibility index (Phi) is 3.66. The van der Waals surface area contributed by atoms with Crippen LogP contribution in [0, 0.1) is 6.92 Å². The van der Waals surface area contributed by atoms with E-state index in [0.717, 1.165) is 5.56 Å². The van der Waals surface area contributed by atoms with Crippen molar-refractivity contribution in [1.29, 1.82) is 0 Å². The topological polar surface area (TPSA) is 77.1 Å². The monoisotopic (exact) mass is 257 g/mol. The summed E-state index contributed by atoms with van der Waals surface area (Å²) in [6.45, 7) is 2.00. The lowest BCUT2D eigenvalue weighted by molar-refractivity contribution is -0.116. The number of anilines is 2. The van der Waals surface area contributed by atoms with Crippen molar-refractivity contribution in [2.75, 3.05) is 11.1 Å². The predicted molar refractivity (Wildman–Crippen MR) is 74.9 cm³/mol. The molecule has 2 aromatic rings. The first kappa shape index (κ1) is 12.9. The summed E-state index contributed by atoms with van der Waals surface area (Å²) in [5, 5.41) is 2.80. The summed E-state index contributed by atoms with van der Waals surface area (Å²) >= 11 is 0. The number of amides is 1. The van der Waals surface area contributed by atoms with Crippen LogP contribution in [0.2, 0.25) is 0 Å². The highest BCUT2D eigenvalue weighted by Gasteiger charge is 2.06. The zero-order valence-corrected chi connectivity index (χ0v) is 10.6. The minimum absolute atomic E-state index is 0.0802. The van der Waals surface area contributed by atoms with Gasteiger partial charge in [-0.15, -0.1) is 0 Å². The van der Waals surface area contributed by atoms with Crippen molar-refractivity contribution in [1.82, 2.24) is 4.57 Å². The van der Waals surface area contributed by atoms with Crippen LogP contribution in [-0.2, 0) is 11.3 Å². The molecule has 98 valence electrons. The molecule has 0 radical (unpaired) electrons. The summed E-state index contributed by atoms with van der Waals surface area (Å²) in [5.41, 5.74) is 7.88. The number of carbonyl (C=O) groups excluding carboxylic acids is 1. The molecular weight excluding hydrogens is 242 g/mol. The second-order valence-corrected chi connectivity index (χ2v) is 4.27. The van der Waals surface area contributed by atoms with Gasteiger partial charge in [-0.3, -0.25) is 9.59 Å². The highest BCUT2D eigenvalue weighted by atomic mass is 16.2. The number of benzene rings is 1. The molecule has 0 bridgehead atoms. The Bertz CT molecular complexity index is 641. The highest BCUT2D eigenvalue weighted by Crippen LogP contribution is 2.20. The van der Waals surface area contributed by atoms with E-state index in [1.807, 2.05) is 6.92 Å². The molecule has 0 fully saturated rings. The van der Waals surface area contributed by atoms with E-state index in [0.29, 0.717) is 11.4 Å². The average Bonchev–Trinajstić information content (AvgIpc) is 2.38. The number of rotatable bonds is 3. The van der Waals surface area contributed by atoms with Crippen molar-refractivity contribution in [3.63, 3.8) is 0 Å². The van der Waals surface area contributed by atoms with Gasteiger partial charge in [0.2, 0.25) is 5.91 Å². The smallest absolute Gasteiger partial charge is 0.244 e. The first-order valence-electron chi connectivity index (χ1n) is 5.87. The molecule has 3 N–H and O–H groups in total. The molecule has 1 aromatic carbocycles. The fourth-order valence-corrected chi connectivity index (χ4v) is 1.69. The van der Waals surface area contributed by atoms with Crippen LogP contribution in [0.4, 0.5) is 11.4 Å². The second-order valence-electron chi connectivity index (χ2n) is 4.27. The predicted octanol–water partition coefficient (Wildman–Crippen LogP) is 1.38. The number of hydrogen-bond donors (Lipinski definition) is 2.